The zero-order valence-electron chi connectivity index (χ0n) is 14.5. The fourth-order valence-electron chi connectivity index (χ4n) is 2.02. The number of amides is 1. The Bertz CT molecular complexity index is 642. The molecule has 0 aliphatic heterocycles. The van der Waals surface area contributed by atoms with Crippen LogP contribution in [0.25, 0.3) is 6.08 Å². The first kappa shape index (κ1) is 20.7. The zero-order valence-corrected chi connectivity index (χ0v) is 15.2. The lowest BCUT2D eigenvalue weighted by molar-refractivity contribution is -0.148. The van der Waals surface area contributed by atoms with Crippen LogP contribution >= 0.6 is 11.6 Å². The molecule has 1 aromatic carbocycles. The number of halogens is 1. The van der Waals surface area contributed by atoms with Gasteiger partial charge in [0, 0.05) is 11.1 Å². The van der Waals surface area contributed by atoms with E-state index in [1.54, 1.807) is 24.3 Å². The van der Waals surface area contributed by atoms with Crippen LogP contribution in [0.15, 0.2) is 30.3 Å². The van der Waals surface area contributed by atoms with Crippen LogP contribution in [0, 0.1) is 5.92 Å². The van der Waals surface area contributed by atoms with Gasteiger partial charge < -0.3 is 14.8 Å². The van der Waals surface area contributed by atoms with Crippen molar-refractivity contribution in [2.24, 2.45) is 5.92 Å². The second-order valence-electron chi connectivity index (χ2n) is 5.77. The lowest BCUT2D eigenvalue weighted by atomic mass is 10.0. The Hall–Kier alpha value is -2.34. The topological polar surface area (TPSA) is 81.7 Å². The van der Waals surface area contributed by atoms with Crippen molar-refractivity contribution in [3.05, 3.63) is 40.9 Å². The molecule has 0 spiro atoms. The van der Waals surface area contributed by atoms with E-state index in [1.807, 2.05) is 13.8 Å². The van der Waals surface area contributed by atoms with E-state index in [4.69, 9.17) is 16.3 Å². The largest absolute Gasteiger partial charge is 0.467 e. The van der Waals surface area contributed by atoms with Crippen LogP contribution in [0.2, 0.25) is 5.02 Å². The van der Waals surface area contributed by atoms with Crippen molar-refractivity contribution in [2.45, 2.75) is 26.3 Å². The molecular formula is C18H22ClNO5. The third kappa shape index (κ3) is 8.35. The third-order valence-electron chi connectivity index (χ3n) is 3.13. The van der Waals surface area contributed by atoms with Gasteiger partial charge >= 0.3 is 11.9 Å². The van der Waals surface area contributed by atoms with Gasteiger partial charge in [0.15, 0.2) is 6.61 Å². The maximum absolute atomic E-state index is 11.8. The second-order valence-corrected chi connectivity index (χ2v) is 6.21. The minimum absolute atomic E-state index is 0.188. The van der Waals surface area contributed by atoms with Crippen LogP contribution < -0.4 is 5.32 Å². The molecule has 6 nitrogen and oxygen atoms in total. The van der Waals surface area contributed by atoms with E-state index >= 15 is 0 Å². The molecule has 0 fully saturated rings. The van der Waals surface area contributed by atoms with Crippen LogP contribution in [0.5, 0.6) is 0 Å². The highest BCUT2D eigenvalue weighted by Gasteiger charge is 2.22. The average molecular weight is 368 g/mol. The van der Waals surface area contributed by atoms with E-state index in [0.717, 1.165) is 5.56 Å². The highest BCUT2D eigenvalue weighted by Crippen LogP contribution is 2.11. The molecule has 1 N–H and O–H groups in total. The van der Waals surface area contributed by atoms with Gasteiger partial charge in [0.25, 0.3) is 5.91 Å². The summed E-state index contributed by atoms with van der Waals surface area (Å²) >= 11 is 5.84. The van der Waals surface area contributed by atoms with Gasteiger partial charge in [-0.25, -0.2) is 9.59 Å². The predicted molar refractivity (Wildman–Crippen MR) is 94.8 cm³/mol. The number of carbonyl (C=O) groups is 3. The van der Waals surface area contributed by atoms with Gasteiger partial charge in [0.1, 0.15) is 6.04 Å². The lowest BCUT2D eigenvalue weighted by Crippen LogP contribution is -2.44. The molecule has 7 heteroatoms. The molecular weight excluding hydrogens is 346 g/mol. The van der Waals surface area contributed by atoms with Crippen LogP contribution in [-0.4, -0.2) is 37.6 Å². The first-order valence-corrected chi connectivity index (χ1v) is 8.17. The van der Waals surface area contributed by atoms with Gasteiger partial charge in [-0.15, -0.1) is 0 Å². The molecule has 0 saturated heterocycles. The van der Waals surface area contributed by atoms with Gasteiger partial charge in [-0.05, 0) is 36.1 Å². The summed E-state index contributed by atoms with van der Waals surface area (Å²) < 4.78 is 9.51. The Labute approximate surface area is 152 Å². The molecule has 1 amide bonds. The highest BCUT2D eigenvalue weighted by molar-refractivity contribution is 6.30. The molecule has 1 aromatic rings. The van der Waals surface area contributed by atoms with E-state index < -0.39 is 30.5 Å². The Morgan fingerprint density at radius 2 is 2.00 bits per heavy atom. The summed E-state index contributed by atoms with van der Waals surface area (Å²) in [6, 6.07) is 6.16. The molecule has 1 rings (SSSR count). The zero-order chi connectivity index (χ0) is 18.8. The number of benzene rings is 1. The Morgan fingerprint density at radius 1 is 1.28 bits per heavy atom. The standard InChI is InChI=1S/C18H22ClNO5/c1-12(2)9-15(18(23)24-3)20-16(21)11-25-17(22)8-7-13-5-4-6-14(19)10-13/h4-8,10,12,15H,9,11H2,1-3H3,(H,20,21)/b8-7+/t15-/m0/s1. The molecule has 136 valence electrons. The molecule has 0 bridgehead atoms. The fraction of sp³-hybridized carbons (Fsp3) is 0.389. The second kappa shape index (κ2) is 10.5. The summed E-state index contributed by atoms with van der Waals surface area (Å²) in [5.74, 6) is -1.59. The number of hydrogen-bond acceptors (Lipinski definition) is 5. The van der Waals surface area contributed by atoms with Gasteiger partial charge in [-0.3, -0.25) is 4.79 Å². The minimum Gasteiger partial charge on any atom is -0.467 e. The number of carbonyl (C=O) groups excluding carboxylic acids is 3. The molecule has 0 aromatic heterocycles. The van der Waals surface area contributed by atoms with Crippen molar-refractivity contribution < 1.29 is 23.9 Å². The smallest absolute Gasteiger partial charge is 0.331 e. The molecule has 0 radical (unpaired) electrons. The van der Waals surface area contributed by atoms with Crippen LogP contribution in [0.1, 0.15) is 25.8 Å². The third-order valence-corrected chi connectivity index (χ3v) is 3.37. The lowest BCUT2D eigenvalue weighted by Gasteiger charge is -2.18. The van der Waals surface area contributed by atoms with Crippen molar-refractivity contribution in [2.75, 3.05) is 13.7 Å². The molecule has 0 heterocycles. The average Bonchev–Trinajstić information content (AvgIpc) is 2.56. The summed E-state index contributed by atoms with van der Waals surface area (Å²) in [7, 11) is 1.25. The molecule has 0 aliphatic carbocycles. The van der Waals surface area contributed by atoms with E-state index in [9.17, 15) is 14.4 Å². The van der Waals surface area contributed by atoms with Crippen molar-refractivity contribution in [1.82, 2.24) is 5.32 Å². The van der Waals surface area contributed by atoms with E-state index in [2.05, 4.69) is 10.1 Å². The maximum atomic E-state index is 11.8. The molecule has 25 heavy (non-hydrogen) atoms. The number of rotatable bonds is 8. The Kier molecular flexibility index (Phi) is 8.70. The molecule has 0 saturated carbocycles. The minimum atomic E-state index is -0.766. The summed E-state index contributed by atoms with van der Waals surface area (Å²) in [6.07, 6.45) is 3.16. The van der Waals surface area contributed by atoms with Crippen molar-refractivity contribution in [3.8, 4) is 0 Å². The van der Waals surface area contributed by atoms with Gasteiger partial charge in [-0.2, -0.15) is 0 Å². The van der Waals surface area contributed by atoms with Crippen molar-refractivity contribution in [1.29, 1.82) is 0 Å². The molecule has 0 unspecified atom stereocenters. The Morgan fingerprint density at radius 3 is 2.60 bits per heavy atom. The summed E-state index contributed by atoms with van der Waals surface area (Å²) in [4.78, 5) is 35.1. The normalized spacial score (nSPS) is 12.0. The number of nitrogens with one attached hydrogen (secondary N) is 1. The Balaban J connectivity index is 2.48. The van der Waals surface area contributed by atoms with Gasteiger partial charge in [-0.1, -0.05) is 37.6 Å². The molecule has 0 aliphatic rings. The number of esters is 2. The van der Waals surface area contributed by atoms with Crippen LogP contribution in [0.3, 0.4) is 0 Å². The first-order valence-electron chi connectivity index (χ1n) is 7.79. The summed E-state index contributed by atoms with van der Waals surface area (Å²) in [5, 5.41) is 3.05. The van der Waals surface area contributed by atoms with Crippen molar-refractivity contribution in [3.63, 3.8) is 0 Å². The number of hydrogen-bond donors (Lipinski definition) is 1. The SMILES string of the molecule is COC(=O)[C@H](CC(C)C)NC(=O)COC(=O)/C=C/c1cccc(Cl)c1. The van der Waals surface area contributed by atoms with Gasteiger partial charge in [0.2, 0.25) is 0 Å². The van der Waals surface area contributed by atoms with Crippen LogP contribution in [-0.2, 0) is 23.9 Å². The van der Waals surface area contributed by atoms with Crippen LogP contribution in [0.4, 0.5) is 0 Å². The number of ether oxygens (including phenoxy) is 2. The monoisotopic (exact) mass is 367 g/mol. The highest BCUT2D eigenvalue weighted by atomic mass is 35.5. The fourth-order valence-corrected chi connectivity index (χ4v) is 2.22. The first-order chi connectivity index (χ1) is 11.8. The van der Waals surface area contributed by atoms with E-state index in [0.29, 0.717) is 11.4 Å². The quantitative estimate of drug-likeness (QED) is 0.564. The predicted octanol–water partition coefficient (Wildman–Crippen LogP) is 2.60. The van der Waals surface area contributed by atoms with Gasteiger partial charge in [0.05, 0.1) is 7.11 Å². The van der Waals surface area contributed by atoms with Crippen molar-refractivity contribution >= 4 is 35.5 Å². The van der Waals surface area contributed by atoms with E-state index in [1.165, 1.54) is 19.3 Å². The summed E-state index contributed by atoms with van der Waals surface area (Å²) in [5.41, 5.74) is 0.733. The number of methoxy groups -OCH3 is 1. The maximum Gasteiger partial charge on any atom is 0.331 e. The summed E-state index contributed by atoms with van der Waals surface area (Å²) in [6.45, 7) is 3.36. The van der Waals surface area contributed by atoms with E-state index in [-0.39, 0.29) is 5.92 Å². The molecule has 1 atom stereocenters.